The molecule has 1 amide bonds. The monoisotopic (exact) mass is 304 g/mol. The maximum atomic E-state index is 12.1. The Morgan fingerprint density at radius 1 is 1.29 bits per heavy atom. The van der Waals surface area contributed by atoms with Crippen molar-refractivity contribution in [3.8, 4) is 0 Å². The van der Waals surface area contributed by atoms with Gasteiger partial charge in [-0.15, -0.1) is 0 Å². The number of carbonyl (C=O) groups excluding carboxylic acids is 1. The Hall–Kier alpha value is -2.40. The Morgan fingerprint density at radius 3 is 2.67 bits per heavy atom. The summed E-state index contributed by atoms with van der Waals surface area (Å²) in [4.78, 5) is 26.6. The van der Waals surface area contributed by atoms with Crippen LogP contribution in [-0.2, 0) is 6.54 Å². The zero-order valence-corrected chi connectivity index (χ0v) is 12.0. The second-order valence-electron chi connectivity index (χ2n) is 4.45. The van der Waals surface area contributed by atoms with Crippen LogP contribution in [-0.4, -0.2) is 22.0 Å². The first-order valence-electron chi connectivity index (χ1n) is 6.20. The Balaban J connectivity index is 2.04. The lowest BCUT2D eigenvalue weighted by molar-refractivity contribution is 0.0690. The number of nitrogens with one attached hydrogen (secondary N) is 1. The molecule has 5 nitrogen and oxygen atoms in total. The highest BCUT2D eigenvalue weighted by Crippen LogP contribution is 2.18. The fourth-order valence-electron chi connectivity index (χ4n) is 1.79. The molecule has 1 aromatic heterocycles. The van der Waals surface area contributed by atoms with E-state index in [9.17, 15) is 9.59 Å². The van der Waals surface area contributed by atoms with Gasteiger partial charge in [0.05, 0.1) is 0 Å². The molecule has 1 aromatic carbocycles. The summed E-state index contributed by atoms with van der Waals surface area (Å²) in [6.45, 7) is 2.04. The van der Waals surface area contributed by atoms with Crippen molar-refractivity contribution in [1.29, 1.82) is 0 Å². The molecule has 2 aromatic rings. The largest absolute Gasteiger partial charge is 0.477 e. The number of aromatic carboxylic acids is 1. The summed E-state index contributed by atoms with van der Waals surface area (Å²) in [7, 11) is 0. The van der Waals surface area contributed by atoms with Crippen LogP contribution in [0.5, 0.6) is 0 Å². The number of carboxylic acid groups (broad SMARTS) is 1. The van der Waals surface area contributed by atoms with Crippen molar-refractivity contribution in [2.75, 3.05) is 0 Å². The minimum atomic E-state index is -1.08. The Labute approximate surface area is 126 Å². The van der Waals surface area contributed by atoms with E-state index in [-0.39, 0.29) is 18.1 Å². The molecule has 0 atom stereocenters. The Kier molecular flexibility index (Phi) is 4.55. The fourth-order valence-corrected chi connectivity index (χ4v) is 1.96. The van der Waals surface area contributed by atoms with Crippen LogP contribution >= 0.6 is 11.6 Å². The molecular formula is C15H13ClN2O3. The number of amides is 1. The van der Waals surface area contributed by atoms with E-state index < -0.39 is 5.97 Å². The number of carboxylic acids is 1. The SMILES string of the molecule is Cc1c(Cl)cccc1C(=O)NCc1ccc(C(=O)O)nc1. The van der Waals surface area contributed by atoms with E-state index in [0.29, 0.717) is 16.1 Å². The van der Waals surface area contributed by atoms with Crippen molar-refractivity contribution in [3.63, 3.8) is 0 Å². The maximum Gasteiger partial charge on any atom is 0.354 e. The van der Waals surface area contributed by atoms with Crippen LogP contribution < -0.4 is 5.32 Å². The van der Waals surface area contributed by atoms with Crippen LogP contribution in [0.2, 0.25) is 5.02 Å². The Bertz CT molecular complexity index is 684. The molecule has 108 valence electrons. The molecule has 0 radical (unpaired) electrons. The molecule has 0 spiro atoms. The number of hydrogen-bond donors (Lipinski definition) is 2. The van der Waals surface area contributed by atoms with Gasteiger partial charge in [0.25, 0.3) is 5.91 Å². The first-order chi connectivity index (χ1) is 9.99. The lowest BCUT2D eigenvalue weighted by Gasteiger charge is -2.08. The van der Waals surface area contributed by atoms with Crippen LogP contribution in [0, 0.1) is 6.92 Å². The molecular weight excluding hydrogens is 292 g/mol. The molecule has 2 rings (SSSR count). The van der Waals surface area contributed by atoms with Crippen molar-refractivity contribution in [1.82, 2.24) is 10.3 Å². The van der Waals surface area contributed by atoms with Crippen LogP contribution in [0.4, 0.5) is 0 Å². The lowest BCUT2D eigenvalue weighted by Crippen LogP contribution is -2.23. The highest BCUT2D eigenvalue weighted by molar-refractivity contribution is 6.31. The molecule has 0 unspecified atom stereocenters. The van der Waals surface area contributed by atoms with E-state index >= 15 is 0 Å². The first-order valence-corrected chi connectivity index (χ1v) is 6.58. The average molecular weight is 305 g/mol. The van der Waals surface area contributed by atoms with Gasteiger partial charge in [-0.1, -0.05) is 23.7 Å². The van der Waals surface area contributed by atoms with Crippen molar-refractivity contribution in [2.24, 2.45) is 0 Å². The van der Waals surface area contributed by atoms with Gasteiger partial charge in [-0.2, -0.15) is 0 Å². The van der Waals surface area contributed by atoms with Gasteiger partial charge < -0.3 is 10.4 Å². The molecule has 0 saturated heterocycles. The molecule has 2 N–H and O–H groups in total. The fraction of sp³-hybridized carbons (Fsp3) is 0.133. The number of halogens is 1. The second kappa shape index (κ2) is 6.37. The normalized spacial score (nSPS) is 10.2. The summed E-state index contributed by atoms with van der Waals surface area (Å²) >= 11 is 5.98. The third kappa shape index (κ3) is 3.58. The van der Waals surface area contributed by atoms with Gasteiger partial charge in [-0.05, 0) is 36.2 Å². The molecule has 0 aliphatic heterocycles. The number of hydrogen-bond acceptors (Lipinski definition) is 3. The van der Waals surface area contributed by atoms with Crippen molar-refractivity contribution in [2.45, 2.75) is 13.5 Å². The van der Waals surface area contributed by atoms with Gasteiger partial charge in [-0.3, -0.25) is 4.79 Å². The van der Waals surface area contributed by atoms with E-state index in [0.717, 1.165) is 5.56 Å². The molecule has 0 fully saturated rings. The number of benzene rings is 1. The van der Waals surface area contributed by atoms with Crippen molar-refractivity contribution < 1.29 is 14.7 Å². The lowest BCUT2D eigenvalue weighted by atomic mass is 10.1. The minimum absolute atomic E-state index is 0.0317. The summed E-state index contributed by atoms with van der Waals surface area (Å²) in [6, 6.07) is 8.15. The van der Waals surface area contributed by atoms with Crippen LogP contribution in [0.1, 0.15) is 32.0 Å². The topological polar surface area (TPSA) is 79.3 Å². The molecule has 1 heterocycles. The van der Waals surface area contributed by atoms with Crippen LogP contribution in [0.3, 0.4) is 0 Å². The predicted molar refractivity (Wildman–Crippen MR) is 78.6 cm³/mol. The van der Waals surface area contributed by atoms with E-state index in [2.05, 4.69) is 10.3 Å². The number of carbonyl (C=O) groups is 2. The average Bonchev–Trinajstić information content (AvgIpc) is 2.48. The summed E-state index contributed by atoms with van der Waals surface area (Å²) < 4.78 is 0. The van der Waals surface area contributed by atoms with Gasteiger partial charge in [0, 0.05) is 23.3 Å². The molecule has 0 bridgehead atoms. The van der Waals surface area contributed by atoms with Gasteiger partial charge >= 0.3 is 5.97 Å². The quantitative estimate of drug-likeness (QED) is 0.910. The number of rotatable bonds is 4. The number of pyridine rings is 1. The Morgan fingerprint density at radius 2 is 2.05 bits per heavy atom. The maximum absolute atomic E-state index is 12.1. The van der Waals surface area contributed by atoms with E-state index in [1.807, 2.05) is 0 Å². The molecule has 0 aliphatic carbocycles. The third-order valence-corrected chi connectivity index (χ3v) is 3.42. The highest BCUT2D eigenvalue weighted by atomic mass is 35.5. The first kappa shape index (κ1) is 15.0. The highest BCUT2D eigenvalue weighted by Gasteiger charge is 2.11. The smallest absolute Gasteiger partial charge is 0.354 e. The third-order valence-electron chi connectivity index (χ3n) is 3.01. The minimum Gasteiger partial charge on any atom is -0.477 e. The van der Waals surface area contributed by atoms with Crippen LogP contribution in [0.25, 0.3) is 0 Å². The summed E-state index contributed by atoms with van der Waals surface area (Å²) in [5.41, 5.74) is 1.91. The van der Waals surface area contributed by atoms with Crippen LogP contribution in [0.15, 0.2) is 36.5 Å². The summed E-state index contributed by atoms with van der Waals surface area (Å²) in [5, 5.41) is 12.0. The molecule has 0 saturated carbocycles. The number of nitrogens with zero attached hydrogens (tertiary/aromatic N) is 1. The van der Waals surface area contributed by atoms with E-state index in [1.54, 1.807) is 31.2 Å². The standard InChI is InChI=1S/C15H13ClN2O3/c1-9-11(3-2-4-12(9)16)14(19)18-8-10-5-6-13(15(20)21)17-7-10/h2-7H,8H2,1H3,(H,18,19)(H,20,21). The molecule has 0 aliphatic rings. The summed E-state index contributed by atoms with van der Waals surface area (Å²) in [5.74, 6) is -1.32. The van der Waals surface area contributed by atoms with Crippen molar-refractivity contribution in [3.05, 3.63) is 63.9 Å². The zero-order valence-electron chi connectivity index (χ0n) is 11.3. The van der Waals surface area contributed by atoms with Gasteiger partial charge in [0.2, 0.25) is 0 Å². The van der Waals surface area contributed by atoms with Gasteiger partial charge in [-0.25, -0.2) is 9.78 Å². The summed E-state index contributed by atoms with van der Waals surface area (Å²) in [6.07, 6.45) is 1.43. The zero-order chi connectivity index (χ0) is 15.4. The predicted octanol–water partition coefficient (Wildman–Crippen LogP) is 2.67. The second-order valence-corrected chi connectivity index (χ2v) is 4.86. The molecule has 21 heavy (non-hydrogen) atoms. The van der Waals surface area contributed by atoms with E-state index in [1.165, 1.54) is 12.3 Å². The van der Waals surface area contributed by atoms with E-state index in [4.69, 9.17) is 16.7 Å². The number of aromatic nitrogens is 1. The van der Waals surface area contributed by atoms with Gasteiger partial charge in [0.15, 0.2) is 0 Å². The molecule has 6 heteroatoms. The van der Waals surface area contributed by atoms with Crippen molar-refractivity contribution >= 4 is 23.5 Å². The van der Waals surface area contributed by atoms with Gasteiger partial charge in [0.1, 0.15) is 5.69 Å².